The number of hydrogen-bond donors (Lipinski definition) is 0. The molecule has 0 aromatic carbocycles. The molecule has 2 rings (SSSR count). The Hall–Kier alpha value is -0.120. The van der Waals surface area contributed by atoms with Crippen LogP contribution in [0.4, 0.5) is 0 Å². The molecule has 1 aliphatic heterocycles. The molecule has 1 saturated heterocycles. The fourth-order valence-electron chi connectivity index (χ4n) is 2.66. The summed E-state index contributed by atoms with van der Waals surface area (Å²) in [5.41, 5.74) is 0. The zero-order valence-corrected chi connectivity index (χ0v) is 10.8. The molecule has 1 saturated carbocycles. The summed E-state index contributed by atoms with van der Waals surface area (Å²) in [5, 5.41) is 0. The number of ether oxygens (including phenoxy) is 1. The van der Waals surface area contributed by atoms with Crippen LogP contribution in [0.1, 0.15) is 26.7 Å². The third kappa shape index (κ3) is 3.19. The van der Waals surface area contributed by atoms with E-state index in [0.29, 0.717) is 0 Å². The van der Waals surface area contributed by atoms with E-state index in [1.54, 1.807) is 0 Å². The molecule has 0 spiro atoms. The molecule has 94 valence electrons. The maximum Gasteiger partial charge on any atom is 0.0625 e. The first kappa shape index (κ1) is 12.3. The van der Waals surface area contributed by atoms with Crippen LogP contribution in [0.5, 0.6) is 0 Å². The van der Waals surface area contributed by atoms with Crippen LogP contribution in [0.25, 0.3) is 0 Å². The molecule has 0 radical (unpaired) electrons. The van der Waals surface area contributed by atoms with E-state index >= 15 is 0 Å². The Kier molecular flexibility index (Phi) is 4.62. The first-order chi connectivity index (χ1) is 7.85. The summed E-state index contributed by atoms with van der Waals surface area (Å²) in [6.07, 6.45) is 2.85. The van der Waals surface area contributed by atoms with Crippen LogP contribution in [0, 0.1) is 5.92 Å². The molecule has 1 aliphatic carbocycles. The largest absolute Gasteiger partial charge is 0.378 e. The highest BCUT2D eigenvalue weighted by atomic mass is 16.5. The molecule has 1 atom stereocenters. The predicted molar refractivity (Wildman–Crippen MR) is 66.7 cm³/mol. The number of hydrogen-bond acceptors (Lipinski definition) is 3. The molecule has 3 nitrogen and oxygen atoms in total. The van der Waals surface area contributed by atoms with Crippen molar-refractivity contribution < 1.29 is 4.74 Å². The highest BCUT2D eigenvalue weighted by Crippen LogP contribution is 2.36. The second-order valence-corrected chi connectivity index (χ2v) is 5.04. The van der Waals surface area contributed by atoms with E-state index in [4.69, 9.17) is 4.74 Å². The van der Waals surface area contributed by atoms with Gasteiger partial charge in [-0.05, 0) is 31.8 Å². The molecule has 2 aliphatic rings. The second-order valence-electron chi connectivity index (χ2n) is 5.04. The van der Waals surface area contributed by atoms with Crippen LogP contribution >= 0.6 is 0 Å². The van der Waals surface area contributed by atoms with Gasteiger partial charge < -0.3 is 9.64 Å². The first-order valence-corrected chi connectivity index (χ1v) is 6.89. The normalized spacial score (nSPS) is 27.6. The summed E-state index contributed by atoms with van der Waals surface area (Å²) in [5.74, 6) is 0.942. The van der Waals surface area contributed by atoms with Crippen molar-refractivity contribution in [3.8, 4) is 0 Å². The predicted octanol–water partition coefficient (Wildman–Crippen LogP) is 1.44. The smallest absolute Gasteiger partial charge is 0.0625 e. The van der Waals surface area contributed by atoms with Gasteiger partial charge in [-0.15, -0.1) is 0 Å². The number of morpholine rings is 1. The average Bonchev–Trinajstić information content (AvgIpc) is 3.15. The Balaban J connectivity index is 1.76. The molecule has 1 heterocycles. The molecular formula is C13H26N2O. The lowest BCUT2D eigenvalue weighted by atomic mass is 10.1. The lowest BCUT2D eigenvalue weighted by Crippen LogP contribution is -2.49. The lowest BCUT2D eigenvalue weighted by molar-refractivity contribution is -0.0186. The van der Waals surface area contributed by atoms with Crippen LogP contribution in [0.3, 0.4) is 0 Å². The molecule has 0 N–H and O–H groups in total. The number of rotatable bonds is 6. The van der Waals surface area contributed by atoms with Gasteiger partial charge in [0.1, 0.15) is 0 Å². The van der Waals surface area contributed by atoms with Crippen molar-refractivity contribution in [3.63, 3.8) is 0 Å². The van der Waals surface area contributed by atoms with E-state index in [-0.39, 0.29) is 0 Å². The van der Waals surface area contributed by atoms with Gasteiger partial charge >= 0.3 is 0 Å². The SMILES string of the molecule is CCN(CC)CCN1CCOCC1C1CC1. The Morgan fingerprint density at radius 2 is 2.00 bits per heavy atom. The van der Waals surface area contributed by atoms with Gasteiger partial charge in [0.15, 0.2) is 0 Å². The Bertz CT molecular complexity index is 202. The third-order valence-corrected chi connectivity index (χ3v) is 4.04. The monoisotopic (exact) mass is 226 g/mol. The molecule has 3 heteroatoms. The van der Waals surface area contributed by atoms with Crippen LogP contribution in [0.15, 0.2) is 0 Å². The fourth-order valence-corrected chi connectivity index (χ4v) is 2.66. The first-order valence-electron chi connectivity index (χ1n) is 6.89. The summed E-state index contributed by atoms with van der Waals surface area (Å²) < 4.78 is 5.62. The minimum Gasteiger partial charge on any atom is -0.378 e. The summed E-state index contributed by atoms with van der Waals surface area (Å²) in [6.45, 7) is 12.3. The zero-order chi connectivity index (χ0) is 11.4. The van der Waals surface area contributed by atoms with Crippen molar-refractivity contribution >= 4 is 0 Å². The van der Waals surface area contributed by atoms with E-state index in [0.717, 1.165) is 31.7 Å². The van der Waals surface area contributed by atoms with E-state index in [2.05, 4.69) is 23.6 Å². The zero-order valence-electron chi connectivity index (χ0n) is 10.8. The molecule has 0 aromatic rings. The van der Waals surface area contributed by atoms with Crippen molar-refractivity contribution in [1.29, 1.82) is 0 Å². The van der Waals surface area contributed by atoms with E-state index in [9.17, 15) is 0 Å². The molecule has 0 bridgehead atoms. The van der Waals surface area contributed by atoms with E-state index in [1.807, 2.05) is 0 Å². The molecule has 1 unspecified atom stereocenters. The average molecular weight is 226 g/mol. The maximum atomic E-state index is 5.62. The maximum absolute atomic E-state index is 5.62. The van der Waals surface area contributed by atoms with Gasteiger partial charge in [0.2, 0.25) is 0 Å². The van der Waals surface area contributed by atoms with Gasteiger partial charge in [0, 0.05) is 25.7 Å². The number of nitrogens with zero attached hydrogens (tertiary/aromatic N) is 2. The van der Waals surface area contributed by atoms with Gasteiger partial charge in [-0.2, -0.15) is 0 Å². The van der Waals surface area contributed by atoms with Crippen molar-refractivity contribution in [3.05, 3.63) is 0 Å². The summed E-state index contributed by atoms with van der Waals surface area (Å²) in [4.78, 5) is 5.18. The molecule has 0 amide bonds. The van der Waals surface area contributed by atoms with Crippen molar-refractivity contribution in [1.82, 2.24) is 9.80 Å². The lowest BCUT2D eigenvalue weighted by Gasteiger charge is -2.37. The molecule has 16 heavy (non-hydrogen) atoms. The minimum absolute atomic E-state index is 0.726. The summed E-state index contributed by atoms with van der Waals surface area (Å²) >= 11 is 0. The van der Waals surface area contributed by atoms with E-state index in [1.165, 1.54) is 39.0 Å². The van der Waals surface area contributed by atoms with Crippen LogP contribution in [-0.4, -0.2) is 61.8 Å². The molecule has 2 fully saturated rings. The van der Waals surface area contributed by atoms with Gasteiger partial charge in [0.05, 0.1) is 13.2 Å². The molecule has 0 aromatic heterocycles. The van der Waals surface area contributed by atoms with Crippen LogP contribution in [-0.2, 0) is 4.74 Å². The minimum atomic E-state index is 0.726. The van der Waals surface area contributed by atoms with Gasteiger partial charge in [-0.25, -0.2) is 0 Å². The Morgan fingerprint density at radius 1 is 1.25 bits per heavy atom. The Labute approximate surface area is 99.7 Å². The van der Waals surface area contributed by atoms with Gasteiger partial charge in [-0.3, -0.25) is 4.90 Å². The van der Waals surface area contributed by atoms with Crippen LogP contribution < -0.4 is 0 Å². The Morgan fingerprint density at radius 3 is 2.62 bits per heavy atom. The molecular weight excluding hydrogens is 200 g/mol. The fraction of sp³-hybridized carbons (Fsp3) is 1.00. The number of likely N-dealkylation sites (N-methyl/N-ethyl adjacent to an activating group) is 1. The highest BCUT2D eigenvalue weighted by Gasteiger charge is 2.36. The highest BCUT2D eigenvalue weighted by molar-refractivity contribution is 4.90. The van der Waals surface area contributed by atoms with Gasteiger partial charge in [0.25, 0.3) is 0 Å². The summed E-state index contributed by atoms with van der Waals surface area (Å²) in [6, 6.07) is 0.726. The standard InChI is InChI=1S/C13H26N2O/c1-3-14(4-2)7-8-15-9-10-16-11-13(15)12-5-6-12/h12-13H,3-11H2,1-2H3. The van der Waals surface area contributed by atoms with Crippen LogP contribution in [0.2, 0.25) is 0 Å². The van der Waals surface area contributed by atoms with E-state index < -0.39 is 0 Å². The van der Waals surface area contributed by atoms with Crippen molar-refractivity contribution in [2.45, 2.75) is 32.7 Å². The third-order valence-electron chi connectivity index (χ3n) is 4.04. The van der Waals surface area contributed by atoms with Gasteiger partial charge in [-0.1, -0.05) is 13.8 Å². The topological polar surface area (TPSA) is 15.7 Å². The quantitative estimate of drug-likeness (QED) is 0.681. The van der Waals surface area contributed by atoms with Crippen molar-refractivity contribution in [2.24, 2.45) is 5.92 Å². The van der Waals surface area contributed by atoms with Crippen molar-refractivity contribution in [2.75, 3.05) is 45.9 Å². The second kappa shape index (κ2) is 5.99. The summed E-state index contributed by atoms with van der Waals surface area (Å²) in [7, 11) is 0.